The lowest BCUT2D eigenvalue weighted by Gasteiger charge is -2.26. The Bertz CT molecular complexity index is 175. The van der Waals surface area contributed by atoms with Crippen LogP contribution < -0.4 is 5.43 Å². The minimum absolute atomic E-state index is 0.816. The first kappa shape index (κ1) is 10.6. The van der Waals surface area contributed by atoms with Gasteiger partial charge in [-0.3, -0.25) is 0 Å². The third-order valence-electron chi connectivity index (χ3n) is 3.02. The number of hydrogen-bond donors (Lipinski definition) is 1. The highest BCUT2D eigenvalue weighted by atomic mass is 15.3. The Kier molecular flexibility index (Phi) is 4.26. The molecule has 1 rings (SSSR count). The van der Waals surface area contributed by atoms with Gasteiger partial charge >= 0.3 is 0 Å². The lowest BCUT2D eigenvalue weighted by atomic mass is 9.81. The van der Waals surface area contributed by atoms with E-state index in [0.717, 1.165) is 24.8 Å². The molecule has 2 nitrogen and oxygen atoms in total. The second-order valence-electron chi connectivity index (χ2n) is 4.28. The van der Waals surface area contributed by atoms with Gasteiger partial charge in [0.25, 0.3) is 0 Å². The number of nitrogens with one attached hydrogen (secondary N) is 1. The van der Waals surface area contributed by atoms with E-state index in [1.54, 1.807) is 0 Å². The monoisotopic (exact) mass is 182 g/mol. The molecule has 0 saturated heterocycles. The summed E-state index contributed by atoms with van der Waals surface area (Å²) in [7, 11) is 0. The summed E-state index contributed by atoms with van der Waals surface area (Å²) < 4.78 is 0. The maximum absolute atomic E-state index is 4.42. The van der Waals surface area contributed by atoms with Gasteiger partial charge in [-0.25, -0.2) is 0 Å². The van der Waals surface area contributed by atoms with E-state index in [1.807, 2.05) is 0 Å². The van der Waals surface area contributed by atoms with Gasteiger partial charge in [-0.1, -0.05) is 20.8 Å². The quantitative estimate of drug-likeness (QED) is 0.527. The second kappa shape index (κ2) is 5.25. The first-order valence-corrected chi connectivity index (χ1v) is 5.52. The van der Waals surface area contributed by atoms with Crippen molar-refractivity contribution >= 4 is 5.71 Å². The molecule has 0 amide bonds. The molecule has 1 N–H and O–H groups in total. The fourth-order valence-electron chi connectivity index (χ4n) is 1.73. The Morgan fingerprint density at radius 3 is 2.77 bits per heavy atom. The molecule has 0 heterocycles. The summed E-state index contributed by atoms with van der Waals surface area (Å²) in [5.41, 5.74) is 4.50. The second-order valence-corrected chi connectivity index (χ2v) is 4.28. The minimum Gasteiger partial charge on any atom is -0.310 e. The zero-order valence-electron chi connectivity index (χ0n) is 9.14. The molecule has 0 aromatic carbocycles. The summed E-state index contributed by atoms with van der Waals surface area (Å²) in [5.74, 6) is 1.70. The van der Waals surface area contributed by atoms with Crippen molar-refractivity contribution in [1.29, 1.82) is 0 Å². The van der Waals surface area contributed by atoms with Crippen molar-refractivity contribution < 1.29 is 0 Å². The molecule has 13 heavy (non-hydrogen) atoms. The zero-order valence-corrected chi connectivity index (χ0v) is 9.14. The van der Waals surface area contributed by atoms with Crippen molar-refractivity contribution in [3.05, 3.63) is 0 Å². The molecule has 2 atom stereocenters. The van der Waals surface area contributed by atoms with E-state index in [2.05, 4.69) is 31.3 Å². The van der Waals surface area contributed by atoms with Gasteiger partial charge in [0.1, 0.15) is 0 Å². The first-order chi connectivity index (χ1) is 6.24. The average molecular weight is 182 g/mol. The Morgan fingerprint density at radius 1 is 1.38 bits per heavy atom. The van der Waals surface area contributed by atoms with Gasteiger partial charge in [-0.15, -0.1) is 0 Å². The van der Waals surface area contributed by atoms with Gasteiger partial charge in [0, 0.05) is 12.3 Å². The molecule has 76 valence electrons. The van der Waals surface area contributed by atoms with E-state index in [4.69, 9.17) is 0 Å². The molecule has 2 heteroatoms. The SMILES string of the molecule is CCCN/N=C1\CCC(C)C(C)C1. The van der Waals surface area contributed by atoms with Crippen molar-refractivity contribution in [2.24, 2.45) is 16.9 Å². The van der Waals surface area contributed by atoms with Crippen LogP contribution in [0.1, 0.15) is 46.5 Å². The van der Waals surface area contributed by atoms with Crippen LogP contribution in [-0.2, 0) is 0 Å². The van der Waals surface area contributed by atoms with Gasteiger partial charge < -0.3 is 5.43 Å². The van der Waals surface area contributed by atoms with Gasteiger partial charge in [0.05, 0.1) is 0 Å². The topological polar surface area (TPSA) is 24.4 Å². The van der Waals surface area contributed by atoms with Crippen LogP contribution in [-0.4, -0.2) is 12.3 Å². The highest BCUT2D eigenvalue weighted by Crippen LogP contribution is 2.27. The predicted octanol–water partition coefficient (Wildman–Crippen LogP) is 2.80. The molecule has 1 saturated carbocycles. The molecule has 1 aliphatic carbocycles. The zero-order chi connectivity index (χ0) is 9.68. The standard InChI is InChI=1S/C11H22N2/c1-4-7-12-13-11-6-5-9(2)10(3)8-11/h9-10,12H,4-8H2,1-3H3/b13-11+. The third kappa shape index (κ3) is 3.37. The highest BCUT2D eigenvalue weighted by molar-refractivity contribution is 5.85. The predicted molar refractivity (Wildman–Crippen MR) is 57.9 cm³/mol. The molecule has 0 bridgehead atoms. The summed E-state index contributed by atoms with van der Waals surface area (Å²) in [5, 5.41) is 4.42. The number of rotatable bonds is 3. The summed E-state index contributed by atoms with van der Waals surface area (Å²) in [6, 6.07) is 0. The van der Waals surface area contributed by atoms with Crippen LogP contribution in [0.15, 0.2) is 5.10 Å². The van der Waals surface area contributed by atoms with Crippen molar-refractivity contribution in [2.45, 2.75) is 46.5 Å². The Labute approximate surface area is 81.8 Å². The number of hydrazone groups is 1. The van der Waals surface area contributed by atoms with Crippen LogP contribution in [0.3, 0.4) is 0 Å². The molecule has 0 radical (unpaired) electrons. The average Bonchev–Trinajstić information content (AvgIpc) is 2.12. The van der Waals surface area contributed by atoms with Gasteiger partial charge in [-0.05, 0) is 37.5 Å². The Balaban J connectivity index is 2.32. The largest absolute Gasteiger partial charge is 0.310 e. The minimum atomic E-state index is 0.816. The van der Waals surface area contributed by atoms with Gasteiger partial charge in [0.15, 0.2) is 0 Å². The third-order valence-corrected chi connectivity index (χ3v) is 3.02. The van der Waals surface area contributed by atoms with Crippen molar-refractivity contribution in [1.82, 2.24) is 5.43 Å². The smallest absolute Gasteiger partial charge is 0.0381 e. The van der Waals surface area contributed by atoms with Crippen LogP contribution in [0.2, 0.25) is 0 Å². The van der Waals surface area contributed by atoms with Gasteiger partial charge in [0.2, 0.25) is 0 Å². The molecule has 0 aromatic rings. The van der Waals surface area contributed by atoms with E-state index < -0.39 is 0 Å². The van der Waals surface area contributed by atoms with Crippen LogP contribution in [0.25, 0.3) is 0 Å². The van der Waals surface area contributed by atoms with Gasteiger partial charge in [-0.2, -0.15) is 5.10 Å². The first-order valence-electron chi connectivity index (χ1n) is 5.52. The fourth-order valence-corrected chi connectivity index (χ4v) is 1.73. The van der Waals surface area contributed by atoms with E-state index >= 15 is 0 Å². The van der Waals surface area contributed by atoms with E-state index in [0.29, 0.717) is 0 Å². The molecule has 0 spiro atoms. The Morgan fingerprint density at radius 2 is 2.15 bits per heavy atom. The lowest BCUT2D eigenvalue weighted by Crippen LogP contribution is -2.22. The van der Waals surface area contributed by atoms with Crippen LogP contribution in [0, 0.1) is 11.8 Å². The summed E-state index contributed by atoms with van der Waals surface area (Å²) >= 11 is 0. The molecular weight excluding hydrogens is 160 g/mol. The molecular formula is C11H22N2. The normalized spacial score (nSPS) is 32.1. The molecule has 1 fully saturated rings. The summed E-state index contributed by atoms with van der Waals surface area (Å²) in [4.78, 5) is 0. The van der Waals surface area contributed by atoms with E-state index in [1.165, 1.54) is 25.0 Å². The van der Waals surface area contributed by atoms with Crippen LogP contribution in [0.4, 0.5) is 0 Å². The van der Waals surface area contributed by atoms with E-state index in [9.17, 15) is 0 Å². The number of hydrogen-bond acceptors (Lipinski definition) is 2. The highest BCUT2D eigenvalue weighted by Gasteiger charge is 2.20. The molecule has 1 aliphatic rings. The van der Waals surface area contributed by atoms with Crippen LogP contribution >= 0.6 is 0 Å². The lowest BCUT2D eigenvalue weighted by molar-refractivity contribution is 0.354. The number of nitrogens with zero attached hydrogens (tertiary/aromatic N) is 1. The summed E-state index contributed by atoms with van der Waals surface area (Å²) in [6.45, 7) is 7.85. The maximum atomic E-state index is 4.42. The fraction of sp³-hybridized carbons (Fsp3) is 0.909. The maximum Gasteiger partial charge on any atom is 0.0381 e. The molecule has 0 aromatic heterocycles. The molecule has 2 unspecified atom stereocenters. The van der Waals surface area contributed by atoms with Crippen molar-refractivity contribution in [3.8, 4) is 0 Å². The Hall–Kier alpha value is -0.530. The van der Waals surface area contributed by atoms with E-state index in [-0.39, 0.29) is 0 Å². The summed E-state index contributed by atoms with van der Waals surface area (Å²) in [6.07, 6.45) is 4.86. The molecule has 0 aliphatic heterocycles. The van der Waals surface area contributed by atoms with Crippen molar-refractivity contribution in [3.63, 3.8) is 0 Å². The van der Waals surface area contributed by atoms with Crippen LogP contribution in [0.5, 0.6) is 0 Å². The van der Waals surface area contributed by atoms with Crippen molar-refractivity contribution in [2.75, 3.05) is 6.54 Å².